The van der Waals surface area contributed by atoms with Crippen molar-refractivity contribution in [2.45, 2.75) is 13.0 Å². The second kappa shape index (κ2) is 4.14. The van der Waals surface area contributed by atoms with Crippen molar-refractivity contribution in [3.05, 3.63) is 47.8 Å². The van der Waals surface area contributed by atoms with E-state index >= 15 is 0 Å². The fourth-order valence-corrected chi connectivity index (χ4v) is 1.30. The lowest BCUT2D eigenvalue weighted by Crippen LogP contribution is -2.01. The minimum Gasteiger partial charge on any atom is -0.469 e. The van der Waals surface area contributed by atoms with Crippen LogP contribution in [0.15, 0.2) is 39.4 Å². The summed E-state index contributed by atoms with van der Waals surface area (Å²) in [6.07, 6.45) is 1.75. The lowest BCUT2D eigenvalue weighted by Gasteiger charge is -1.94. The smallest absolute Gasteiger partial charge is 0.205 e. The molecule has 2 aromatic rings. The molecule has 0 unspecified atom stereocenters. The van der Waals surface area contributed by atoms with E-state index in [4.69, 9.17) is 14.6 Å². The maximum absolute atomic E-state index is 11.6. The number of rotatable bonds is 4. The third kappa shape index (κ3) is 2.16. The van der Waals surface area contributed by atoms with E-state index in [9.17, 15) is 4.79 Å². The zero-order valence-electron chi connectivity index (χ0n) is 8.10. The van der Waals surface area contributed by atoms with Crippen molar-refractivity contribution in [1.29, 1.82) is 0 Å². The molecule has 0 saturated heterocycles. The van der Waals surface area contributed by atoms with Gasteiger partial charge < -0.3 is 14.6 Å². The molecule has 4 nitrogen and oxygen atoms in total. The van der Waals surface area contributed by atoms with Gasteiger partial charge in [0.2, 0.25) is 5.78 Å². The Hall–Kier alpha value is -1.81. The van der Waals surface area contributed by atoms with Gasteiger partial charge in [0.1, 0.15) is 11.5 Å². The van der Waals surface area contributed by atoms with Crippen LogP contribution in [0, 0.1) is 0 Å². The SMILES string of the molecule is NCc1ccc(C(=O)Cc2ccco2)o1. The van der Waals surface area contributed by atoms with E-state index < -0.39 is 0 Å². The highest BCUT2D eigenvalue weighted by Gasteiger charge is 2.12. The van der Waals surface area contributed by atoms with Crippen LogP contribution >= 0.6 is 0 Å². The number of carbonyl (C=O) groups excluding carboxylic acids is 1. The van der Waals surface area contributed by atoms with Crippen molar-refractivity contribution >= 4 is 5.78 Å². The van der Waals surface area contributed by atoms with Crippen LogP contribution < -0.4 is 5.73 Å². The molecule has 2 N–H and O–H groups in total. The van der Waals surface area contributed by atoms with Gasteiger partial charge in [-0.3, -0.25) is 4.79 Å². The van der Waals surface area contributed by atoms with Crippen LogP contribution in [0.4, 0.5) is 0 Å². The second-order valence-corrected chi connectivity index (χ2v) is 3.15. The molecule has 0 aliphatic rings. The van der Waals surface area contributed by atoms with Gasteiger partial charge >= 0.3 is 0 Å². The van der Waals surface area contributed by atoms with Gasteiger partial charge in [0.25, 0.3) is 0 Å². The van der Waals surface area contributed by atoms with Crippen molar-refractivity contribution in [3.63, 3.8) is 0 Å². The lowest BCUT2D eigenvalue weighted by molar-refractivity contribution is 0.0958. The highest BCUT2D eigenvalue weighted by atomic mass is 16.4. The molecule has 0 aromatic carbocycles. The number of Topliss-reactive ketones (excluding diaryl/α,β-unsaturated/α-hetero) is 1. The molecule has 0 fully saturated rings. The van der Waals surface area contributed by atoms with E-state index in [2.05, 4.69) is 0 Å². The van der Waals surface area contributed by atoms with Gasteiger partial charge in [-0.05, 0) is 24.3 Å². The summed E-state index contributed by atoms with van der Waals surface area (Å²) in [4.78, 5) is 11.6. The number of nitrogens with two attached hydrogens (primary N) is 1. The fourth-order valence-electron chi connectivity index (χ4n) is 1.30. The Bertz CT molecular complexity index is 442. The normalized spacial score (nSPS) is 10.5. The summed E-state index contributed by atoms with van der Waals surface area (Å²) >= 11 is 0. The summed E-state index contributed by atoms with van der Waals surface area (Å²) in [5.41, 5.74) is 5.38. The van der Waals surface area contributed by atoms with E-state index in [1.165, 1.54) is 6.26 Å². The quantitative estimate of drug-likeness (QED) is 0.772. The molecule has 2 aromatic heterocycles. The minimum absolute atomic E-state index is 0.107. The molecular formula is C11H11NO3. The maximum Gasteiger partial charge on any atom is 0.205 e. The molecule has 2 rings (SSSR count). The zero-order valence-corrected chi connectivity index (χ0v) is 8.10. The van der Waals surface area contributed by atoms with Crippen LogP contribution in [0.25, 0.3) is 0 Å². The van der Waals surface area contributed by atoms with Crippen molar-refractivity contribution in [1.82, 2.24) is 0 Å². The van der Waals surface area contributed by atoms with Crippen LogP contribution in [0.3, 0.4) is 0 Å². The predicted octanol–water partition coefficient (Wildman–Crippen LogP) is 1.76. The summed E-state index contributed by atoms with van der Waals surface area (Å²) < 4.78 is 10.3. The van der Waals surface area contributed by atoms with Gasteiger partial charge in [-0.1, -0.05) is 0 Å². The van der Waals surface area contributed by atoms with E-state index in [0.717, 1.165) is 0 Å². The summed E-state index contributed by atoms with van der Waals surface area (Å²) in [6.45, 7) is 0.300. The number of furan rings is 2. The zero-order chi connectivity index (χ0) is 10.7. The van der Waals surface area contributed by atoms with E-state index in [1.807, 2.05) is 0 Å². The number of hydrogen-bond donors (Lipinski definition) is 1. The van der Waals surface area contributed by atoms with E-state index in [-0.39, 0.29) is 12.2 Å². The molecule has 2 heterocycles. The second-order valence-electron chi connectivity index (χ2n) is 3.15. The van der Waals surface area contributed by atoms with Gasteiger partial charge in [0.05, 0.1) is 19.2 Å². The Morgan fingerprint density at radius 1 is 1.27 bits per heavy atom. The first-order chi connectivity index (χ1) is 7.29. The first-order valence-corrected chi connectivity index (χ1v) is 4.64. The van der Waals surface area contributed by atoms with E-state index in [0.29, 0.717) is 23.8 Å². The van der Waals surface area contributed by atoms with Crippen molar-refractivity contribution in [2.75, 3.05) is 0 Å². The molecule has 78 valence electrons. The molecule has 0 aliphatic heterocycles. The van der Waals surface area contributed by atoms with Gasteiger partial charge in [-0.2, -0.15) is 0 Å². The Balaban J connectivity index is 2.08. The average Bonchev–Trinajstić information content (AvgIpc) is 2.86. The molecular weight excluding hydrogens is 194 g/mol. The summed E-state index contributed by atoms with van der Waals surface area (Å²) in [7, 11) is 0. The first-order valence-electron chi connectivity index (χ1n) is 4.64. The Morgan fingerprint density at radius 3 is 2.73 bits per heavy atom. The van der Waals surface area contributed by atoms with Gasteiger partial charge in [0.15, 0.2) is 5.76 Å². The maximum atomic E-state index is 11.6. The van der Waals surface area contributed by atoms with Crippen LogP contribution in [0.2, 0.25) is 0 Å². The molecule has 0 saturated carbocycles. The van der Waals surface area contributed by atoms with Gasteiger partial charge in [-0.25, -0.2) is 0 Å². The van der Waals surface area contributed by atoms with Crippen LogP contribution in [0.1, 0.15) is 22.1 Å². The predicted molar refractivity (Wildman–Crippen MR) is 53.3 cm³/mol. The lowest BCUT2D eigenvalue weighted by atomic mass is 10.2. The monoisotopic (exact) mass is 205 g/mol. The molecule has 4 heteroatoms. The van der Waals surface area contributed by atoms with Crippen molar-refractivity contribution in [2.24, 2.45) is 5.73 Å². The molecule has 0 aliphatic carbocycles. The molecule has 0 radical (unpaired) electrons. The number of carbonyl (C=O) groups is 1. The fraction of sp³-hybridized carbons (Fsp3) is 0.182. The minimum atomic E-state index is -0.107. The molecule has 0 bridgehead atoms. The summed E-state index contributed by atoms with van der Waals surface area (Å²) in [6, 6.07) is 6.84. The molecule has 15 heavy (non-hydrogen) atoms. The topological polar surface area (TPSA) is 69.4 Å². The Morgan fingerprint density at radius 2 is 2.13 bits per heavy atom. The van der Waals surface area contributed by atoms with Gasteiger partial charge in [-0.15, -0.1) is 0 Å². The molecule has 0 atom stereocenters. The highest BCUT2D eigenvalue weighted by molar-refractivity contribution is 5.94. The first kappa shape index (κ1) is 9.73. The summed E-state index contributed by atoms with van der Waals surface area (Å²) in [5, 5.41) is 0. The largest absolute Gasteiger partial charge is 0.469 e. The Kier molecular flexibility index (Phi) is 2.69. The van der Waals surface area contributed by atoms with Crippen LogP contribution in [-0.4, -0.2) is 5.78 Å². The third-order valence-electron chi connectivity index (χ3n) is 2.05. The standard InChI is InChI=1S/C11H11NO3/c12-7-9-3-4-11(15-9)10(13)6-8-2-1-5-14-8/h1-5H,6-7,12H2. The van der Waals surface area contributed by atoms with Crippen LogP contribution in [-0.2, 0) is 13.0 Å². The van der Waals surface area contributed by atoms with Crippen molar-refractivity contribution < 1.29 is 13.6 Å². The Labute approximate surface area is 86.7 Å². The highest BCUT2D eigenvalue weighted by Crippen LogP contribution is 2.11. The van der Waals surface area contributed by atoms with Crippen LogP contribution in [0.5, 0.6) is 0 Å². The number of ketones is 1. The summed E-state index contributed by atoms with van der Waals surface area (Å²) in [5.74, 6) is 1.46. The number of hydrogen-bond acceptors (Lipinski definition) is 4. The average molecular weight is 205 g/mol. The van der Waals surface area contributed by atoms with Crippen molar-refractivity contribution in [3.8, 4) is 0 Å². The molecule has 0 spiro atoms. The van der Waals surface area contributed by atoms with Gasteiger partial charge in [0, 0.05) is 0 Å². The molecule has 0 amide bonds. The van der Waals surface area contributed by atoms with E-state index in [1.54, 1.807) is 24.3 Å². The third-order valence-corrected chi connectivity index (χ3v) is 2.05.